The van der Waals surface area contributed by atoms with Gasteiger partial charge in [-0.25, -0.2) is 4.98 Å². The second-order valence-electron chi connectivity index (χ2n) is 2.32. The molecule has 4 nitrogen and oxygen atoms in total. The number of alkyl halides is 3. The van der Waals surface area contributed by atoms with Crippen molar-refractivity contribution in [2.24, 2.45) is 5.73 Å². The zero-order chi connectivity index (χ0) is 10.1. The number of oxazole rings is 1. The Bertz CT molecular complexity index is 284. The maximum Gasteiger partial charge on any atom is 0.451 e. The Hall–Kier alpha value is -1.08. The normalized spacial score (nSPS) is 14.5. The summed E-state index contributed by atoms with van der Waals surface area (Å²) in [5.74, 6) is -1.30. The van der Waals surface area contributed by atoms with Crippen molar-refractivity contribution in [3.63, 3.8) is 0 Å². The quantitative estimate of drug-likeness (QED) is 0.729. The third-order valence-corrected chi connectivity index (χ3v) is 1.39. The molecule has 1 heterocycles. The largest absolute Gasteiger partial charge is 0.451 e. The highest BCUT2D eigenvalue weighted by Gasteiger charge is 2.39. The summed E-state index contributed by atoms with van der Waals surface area (Å²) in [4.78, 5) is 3.24. The van der Waals surface area contributed by atoms with E-state index < -0.39 is 23.7 Å². The Morgan fingerprint density at radius 1 is 1.62 bits per heavy atom. The van der Waals surface area contributed by atoms with Crippen LogP contribution in [0.2, 0.25) is 0 Å². The monoisotopic (exact) mass is 196 g/mol. The SMILES string of the molecule is NCC(O)c1ncoc1C(F)(F)F. The molecule has 0 saturated carbocycles. The van der Waals surface area contributed by atoms with Crippen LogP contribution in [0, 0.1) is 0 Å². The number of hydrogen-bond donors (Lipinski definition) is 2. The van der Waals surface area contributed by atoms with Gasteiger partial charge >= 0.3 is 6.18 Å². The summed E-state index contributed by atoms with van der Waals surface area (Å²) in [5.41, 5.74) is 4.40. The van der Waals surface area contributed by atoms with Crippen LogP contribution in [0.3, 0.4) is 0 Å². The van der Waals surface area contributed by atoms with Crippen LogP contribution in [-0.2, 0) is 6.18 Å². The lowest BCUT2D eigenvalue weighted by molar-refractivity contribution is -0.154. The molecule has 0 saturated heterocycles. The van der Waals surface area contributed by atoms with E-state index in [1.807, 2.05) is 0 Å². The number of aliphatic hydroxyl groups is 1. The zero-order valence-electron chi connectivity index (χ0n) is 6.38. The molecule has 1 aromatic heterocycles. The van der Waals surface area contributed by atoms with E-state index in [4.69, 9.17) is 10.8 Å². The van der Waals surface area contributed by atoms with Crippen molar-refractivity contribution < 1.29 is 22.7 Å². The average Bonchev–Trinajstić information content (AvgIpc) is 2.49. The number of halogens is 3. The molecule has 0 spiro atoms. The molecule has 0 radical (unpaired) electrons. The third-order valence-electron chi connectivity index (χ3n) is 1.39. The van der Waals surface area contributed by atoms with Crippen LogP contribution < -0.4 is 5.73 Å². The van der Waals surface area contributed by atoms with E-state index >= 15 is 0 Å². The fraction of sp³-hybridized carbons (Fsp3) is 0.500. The minimum Gasteiger partial charge on any atom is -0.438 e. The second kappa shape index (κ2) is 3.35. The summed E-state index contributed by atoms with van der Waals surface area (Å²) in [6.07, 6.45) is -5.48. The van der Waals surface area contributed by atoms with Gasteiger partial charge in [-0.15, -0.1) is 0 Å². The van der Waals surface area contributed by atoms with E-state index in [0.717, 1.165) is 0 Å². The maximum atomic E-state index is 12.1. The number of aromatic nitrogens is 1. The molecule has 1 aromatic rings. The van der Waals surface area contributed by atoms with Gasteiger partial charge in [-0.2, -0.15) is 13.2 Å². The average molecular weight is 196 g/mol. The first-order chi connectivity index (χ1) is 5.96. The minimum absolute atomic E-state index is 0.338. The van der Waals surface area contributed by atoms with E-state index in [2.05, 4.69) is 9.40 Å². The number of nitrogens with two attached hydrogens (primary N) is 1. The predicted octanol–water partition coefficient (Wildman–Crippen LogP) is 0.685. The van der Waals surface area contributed by atoms with E-state index in [9.17, 15) is 13.2 Å². The van der Waals surface area contributed by atoms with Crippen LogP contribution >= 0.6 is 0 Å². The van der Waals surface area contributed by atoms with Gasteiger partial charge in [-0.05, 0) is 0 Å². The number of nitrogens with zero attached hydrogens (tertiary/aromatic N) is 1. The van der Waals surface area contributed by atoms with Crippen LogP contribution in [0.1, 0.15) is 17.6 Å². The van der Waals surface area contributed by atoms with Gasteiger partial charge in [0, 0.05) is 6.54 Å². The lowest BCUT2D eigenvalue weighted by Crippen LogP contribution is -2.16. The topological polar surface area (TPSA) is 72.3 Å². The first-order valence-corrected chi connectivity index (χ1v) is 3.35. The molecule has 0 bridgehead atoms. The zero-order valence-corrected chi connectivity index (χ0v) is 6.38. The van der Waals surface area contributed by atoms with Crippen molar-refractivity contribution in [3.05, 3.63) is 17.8 Å². The fourth-order valence-corrected chi connectivity index (χ4v) is 0.816. The summed E-state index contributed by atoms with van der Waals surface area (Å²) >= 11 is 0. The second-order valence-corrected chi connectivity index (χ2v) is 2.32. The smallest absolute Gasteiger partial charge is 0.438 e. The lowest BCUT2D eigenvalue weighted by Gasteiger charge is -2.07. The lowest BCUT2D eigenvalue weighted by atomic mass is 10.2. The molecule has 74 valence electrons. The first kappa shape index (κ1) is 10.0. The molecular formula is C6H7F3N2O2. The first-order valence-electron chi connectivity index (χ1n) is 3.35. The minimum atomic E-state index is -4.65. The maximum absolute atomic E-state index is 12.1. The number of rotatable bonds is 2. The number of aliphatic hydroxyl groups excluding tert-OH is 1. The summed E-state index contributed by atoms with van der Waals surface area (Å²) in [6, 6.07) is 0. The van der Waals surface area contributed by atoms with E-state index in [1.165, 1.54) is 0 Å². The van der Waals surface area contributed by atoms with E-state index in [1.54, 1.807) is 0 Å². The number of hydrogen-bond acceptors (Lipinski definition) is 4. The van der Waals surface area contributed by atoms with Gasteiger partial charge in [0.1, 0.15) is 11.8 Å². The van der Waals surface area contributed by atoms with Crippen LogP contribution in [0.15, 0.2) is 10.8 Å². The highest BCUT2D eigenvalue weighted by molar-refractivity contribution is 5.13. The van der Waals surface area contributed by atoms with Crippen molar-refractivity contribution in [3.8, 4) is 0 Å². The van der Waals surface area contributed by atoms with Crippen molar-refractivity contribution in [1.82, 2.24) is 4.98 Å². The Balaban J connectivity index is 3.03. The summed E-state index contributed by atoms with van der Waals surface area (Å²) < 4.78 is 40.4. The van der Waals surface area contributed by atoms with Gasteiger partial charge in [-0.1, -0.05) is 0 Å². The fourth-order valence-electron chi connectivity index (χ4n) is 0.816. The molecule has 13 heavy (non-hydrogen) atoms. The molecule has 0 fully saturated rings. The van der Waals surface area contributed by atoms with Gasteiger partial charge in [0.15, 0.2) is 6.39 Å². The molecule has 7 heteroatoms. The van der Waals surface area contributed by atoms with Crippen molar-refractivity contribution in [1.29, 1.82) is 0 Å². The Morgan fingerprint density at radius 2 is 2.23 bits per heavy atom. The molecule has 0 aliphatic carbocycles. The van der Waals surface area contributed by atoms with Crippen LogP contribution in [0.25, 0.3) is 0 Å². The highest BCUT2D eigenvalue weighted by atomic mass is 19.4. The summed E-state index contributed by atoms with van der Waals surface area (Å²) in [7, 11) is 0. The predicted molar refractivity (Wildman–Crippen MR) is 35.5 cm³/mol. The third kappa shape index (κ3) is 1.99. The molecule has 0 amide bonds. The van der Waals surface area contributed by atoms with Crippen LogP contribution in [0.5, 0.6) is 0 Å². The van der Waals surface area contributed by atoms with Crippen molar-refractivity contribution in [2.75, 3.05) is 6.54 Å². The van der Waals surface area contributed by atoms with Crippen LogP contribution in [0.4, 0.5) is 13.2 Å². The summed E-state index contributed by atoms with van der Waals surface area (Å²) in [6.45, 7) is -0.338. The molecule has 1 unspecified atom stereocenters. The Labute approximate surface area is 71.2 Å². The molecule has 0 aromatic carbocycles. The molecule has 1 rings (SSSR count). The van der Waals surface area contributed by atoms with E-state index in [0.29, 0.717) is 6.39 Å². The standard InChI is InChI=1S/C6H7F3N2O2/c7-6(8,9)5-4(3(12)1-10)11-2-13-5/h2-3,12H,1,10H2. The highest BCUT2D eigenvalue weighted by Crippen LogP contribution is 2.33. The summed E-state index contributed by atoms with van der Waals surface area (Å²) in [5, 5.41) is 9.01. The molecule has 0 aliphatic rings. The van der Waals surface area contributed by atoms with Crippen molar-refractivity contribution >= 4 is 0 Å². The molecular weight excluding hydrogens is 189 g/mol. The Morgan fingerprint density at radius 3 is 2.69 bits per heavy atom. The van der Waals surface area contributed by atoms with Gasteiger partial charge in [0.2, 0.25) is 5.76 Å². The van der Waals surface area contributed by atoms with Gasteiger partial charge in [0.25, 0.3) is 0 Å². The van der Waals surface area contributed by atoms with Gasteiger partial charge in [0.05, 0.1) is 0 Å². The van der Waals surface area contributed by atoms with E-state index in [-0.39, 0.29) is 6.54 Å². The molecule has 0 aliphatic heterocycles. The molecule has 3 N–H and O–H groups in total. The Kier molecular flexibility index (Phi) is 2.58. The van der Waals surface area contributed by atoms with Gasteiger partial charge < -0.3 is 15.3 Å². The molecule has 1 atom stereocenters. The van der Waals surface area contributed by atoms with Crippen molar-refractivity contribution in [2.45, 2.75) is 12.3 Å². The van der Waals surface area contributed by atoms with Crippen LogP contribution in [-0.4, -0.2) is 16.6 Å². The van der Waals surface area contributed by atoms with Gasteiger partial charge in [-0.3, -0.25) is 0 Å².